The molecule has 1 fully saturated rings. The van der Waals surface area contributed by atoms with Gasteiger partial charge in [0.05, 0.1) is 6.54 Å². The number of carbonyl (C=O) groups is 1. The van der Waals surface area contributed by atoms with Crippen molar-refractivity contribution in [1.82, 2.24) is 19.5 Å². The maximum atomic E-state index is 12.7. The first-order valence-electron chi connectivity index (χ1n) is 10.4. The number of likely N-dealkylation sites (tertiary alicyclic amines) is 1. The molecule has 0 spiro atoms. The van der Waals surface area contributed by atoms with Crippen molar-refractivity contribution < 1.29 is 4.79 Å². The van der Waals surface area contributed by atoms with Gasteiger partial charge in [-0.1, -0.05) is 38.1 Å². The number of aromatic nitrogens is 3. The lowest BCUT2D eigenvalue weighted by Crippen LogP contribution is -2.39. The highest BCUT2D eigenvalue weighted by Crippen LogP contribution is 2.29. The Balaban J connectivity index is 1.36. The summed E-state index contributed by atoms with van der Waals surface area (Å²) >= 11 is 0. The van der Waals surface area contributed by atoms with Gasteiger partial charge in [0, 0.05) is 17.8 Å². The average Bonchev–Trinajstić information content (AvgIpc) is 3.14. The van der Waals surface area contributed by atoms with E-state index in [1.807, 2.05) is 24.4 Å². The van der Waals surface area contributed by atoms with Crippen molar-refractivity contribution in [3.63, 3.8) is 0 Å². The van der Waals surface area contributed by atoms with E-state index in [1.165, 1.54) is 5.56 Å². The molecule has 1 aromatic carbocycles. The Bertz CT molecular complexity index is 1000. The van der Waals surface area contributed by atoms with Gasteiger partial charge in [-0.25, -0.2) is 0 Å². The first kappa shape index (κ1) is 19.6. The fourth-order valence-corrected chi connectivity index (χ4v) is 4.21. The smallest absolute Gasteiger partial charge is 0.238 e. The van der Waals surface area contributed by atoms with Gasteiger partial charge in [0.25, 0.3) is 0 Å². The average molecular weight is 392 g/mol. The molecule has 0 bridgehead atoms. The van der Waals surface area contributed by atoms with Gasteiger partial charge in [0.15, 0.2) is 5.65 Å². The zero-order chi connectivity index (χ0) is 20.4. The second kappa shape index (κ2) is 8.33. The van der Waals surface area contributed by atoms with Crippen LogP contribution >= 0.6 is 0 Å². The van der Waals surface area contributed by atoms with Crippen LogP contribution in [-0.2, 0) is 4.79 Å². The normalized spacial score (nSPS) is 15.9. The molecular formula is C23H29N5O. The number of pyridine rings is 1. The fourth-order valence-electron chi connectivity index (χ4n) is 4.21. The van der Waals surface area contributed by atoms with Crippen LogP contribution < -0.4 is 5.32 Å². The number of piperidine rings is 1. The summed E-state index contributed by atoms with van der Waals surface area (Å²) < 4.78 is 2.08. The number of nitrogens with one attached hydrogen (secondary N) is 1. The van der Waals surface area contributed by atoms with E-state index in [0.717, 1.165) is 48.7 Å². The monoisotopic (exact) mass is 391 g/mol. The lowest BCUT2D eigenvalue weighted by molar-refractivity contribution is -0.117. The van der Waals surface area contributed by atoms with E-state index in [1.54, 1.807) is 0 Å². The highest BCUT2D eigenvalue weighted by atomic mass is 16.2. The molecule has 29 heavy (non-hydrogen) atoms. The van der Waals surface area contributed by atoms with Crippen molar-refractivity contribution in [3.8, 4) is 0 Å². The molecule has 6 heteroatoms. The van der Waals surface area contributed by atoms with Gasteiger partial charge in [-0.05, 0) is 62.0 Å². The molecule has 1 N–H and O–H groups in total. The van der Waals surface area contributed by atoms with Crippen LogP contribution in [0.4, 0.5) is 5.69 Å². The Kier molecular flexibility index (Phi) is 5.62. The van der Waals surface area contributed by atoms with Gasteiger partial charge in [-0.3, -0.25) is 14.1 Å². The van der Waals surface area contributed by atoms with Crippen molar-refractivity contribution in [3.05, 3.63) is 59.5 Å². The first-order chi connectivity index (χ1) is 14.0. The Morgan fingerprint density at radius 2 is 1.93 bits per heavy atom. The summed E-state index contributed by atoms with van der Waals surface area (Å²) in [6.45, 7) is 8.58. The van der Waals surface area contributed by atoms with Crippen molar-refractivity contribution in [2.24, 2.45) is 0 Å². The number of aryl methyl sites for hydroxylation is 1. The number of anilines is 1. The molecule has 3 heterocycles. The number of rotatable bonds is 5. The van der Waals surface area contributed by atoms with Gasteiger partial charge >= 0.3 is 0 Å². The molecule has 1 aliphatic rings. The van der Waals surface area contributed by atoms with Gasteiger partial charge < -0.3 is 5.32 Å². The van der Waals surface area contributed by atoms with Crippen LogP contribution in [0.15, 0.2) is 42.6 Å². The zero-order valence-electron chi connectivity index (χ0n) is 17.4. The summed E-state index contributed by atoms with van der Waals surface area (Å²) in [5.74, 6) is 1.85. The van der Waals surface area contributed by atoms with Crippen molar-refractivity contribution in [2.75, 3.05) is 25.0 Å². The van der Waals surface area contributed by atoms with Crippen molar-refractivity contribution in [1.29, 1.82) is 0 Å². The minimum atomic E-state index is 0.0626. The number of benzene rings is 1. The van der Waals surface area contributed by atoms with E-state index in [2.05, 4.69) is 63.8 Å². The number of hydrogen-bond acceptors (Lipinski definition) is 4. The summed E-state index contributed by atoms with van der Waals surface area (Å²) in [7, 11) is 0. The molecule has 0 unspecified atom stereocenters. The van der Waals surface area contributed by atoms with Crippen LogP contribution in [0.3, 0.4) is 0 Å². The van der Waals surface area contributed by atoms with Crippen LogP contribution in [0, 0.1) is 6.92 Å². The summed E-state index contributed by atoms with van der Waals surface area (Å²) in [6.07, 6.45) is 4.01. The molecule has 4 rings (SSSR count). The highest BCUT2D eigenvalue weighted by Gasteiger charge is 2.25. The Labute approximate surface area is 171 Å². The van der Waals surface area contributed by atoms with E-state index in [4.69, 9.17) is 0 Å². The van der Waals surface area contributed by atoms with Gasteiger partial charge in [-0.2, -0.15) is 0 Å². The number of hydrogen-bond donors (Lipinski definition) is 1. The maximum absolute atomic E-state index is 12.7. The van der Waals surface area contributed by atoms with Gasteiger partial charge in [0.2, 0.25) is 5.91 Å². The van der Waals surface area contributed by atoms with Gasteiger partial charge in [-0.15, -0.1) is 10.2 Å². The molecular weight excluding hydrogens is 362 g/mol. The molecule has 0 radical (unpaired) electrons. The lowest BCUT2D eigenvalue weighted by Gasteiger charge is -2.30. The molecule has 0 saturated carbocycles. The minimum Gasteiger partial charge on any atom is -0.324 e. The molecule has 2 aromatic heterocycles. The van der Waals surface area contributed by atoms with E-state index in [9.17, 15) is 4.79 Å². The molecule has 0 atom stereocenters. The van der Waals surface area contributed by atoms with Crippen molar-refractivity contribution in [2.45, 2.75) is 45.4 Å². The molecule has 6 nitrogen and oxygen atoms in total. The van der Waals surface area contributed by atoms with Crippen LogP contribution in [0.5, 0.6) is 0 Å². The maximum Gasteiger partial charge on any atom is 0.238 e. The predicted molar refractivity (Wildman–Crippen MR) is 115 cm³/mol. The van der Waals surface area contributed by atoms with Crippen molar-refractivity contribution >= 4 is 17.2 Å². The number of nitrogens with zero attached hydrogens (tertiary/aromatic N) is 4. The third-order valence-electron chi connectivity index (χ3n) is 5.85. The lowest BCUT2D eigenvalue weighted by atomic mass is 9.96. The highest BCUT2D eigenvalue weighted by molar-refractivity contribution is 5.94. The summed E-state index contributed by atoms with van der Waals surface area (Å²) in [5, 5.41) is 11.8. The number of fused-ring (bicyclic) bond motifs is 1. The van der Waals surface area contributed by atoms with Gasteiger partial charge in [0.1, 0.15) is 5.82 Å². The topological polar surface area (TPSA) is 62.5 Å². The number of para-hydroxylation sites is 1. The Morgan fingerprint density at radius 1 is 1.14 bits per heavy atom. The third kappa shape index (κ3) is 4.17. The Morgan fingerprint density at radius 3 is 2.69 bits per heavy atom. The van der Waals surface area contributed by atoms with E-state index < -0.39 is 0 Å². The SMILES string of the molecule is Cc1cccc(C(C)C)c1NC(=O)CN1CCC(c2nnc3ccccn23)CC1. The standard InChI is InChI=1S/C23H29N5O/c1-16(2)19-8-6-7-17(3)22(19)24-21(29)15-27-13-10-18(11-14-27)23-26-25-20-9-4-5-12-28(20)23/h4-9,12,16,18H,10-11,13-15H2,1-3H3,(H,24,29). The second-order valence-corrected chi connectivity index (χ2v) is 8.28. The molecule has 1 aliphatic heterocycles. The first-order valence-corrected chi connectivity index (χ1v) is 10.4. The van der Waals surface area contributed by atoms with Crippen LogP contribution in [0.2, 0.25) is 0 Å². The summed E-state index contributed by atoms with van der Waals surface area (Å²) in [4.78, 5) is 15.0. The number of carbonyl (C=O) groups excluding carboxylic acids is 1. The quantitative estimate of drug-likeness (QED) is 0.715. The molecule has 152 valence electrons. The summed E-state index contributed by atoms with van der Waals surface area (Å²) in [6, 6.07) is 12.2. The van der Waals surface area contributed by atoms with E-state index in [0.29, 0.717) is 18.4 Å². The molecule has 3 aromatic rings. The molecule has 0 aliphatic carbocycles. The predicted octanol–water partition coefficient (Wildman–Crippen LogP) is 3.98. The zero-order valence-corrected chi connectivity index (χ0v) is 17.4. The molecule has 1 saturated heterocycles. The number of amides is 1. The largest absolute Gasteiger partial charge is 0.324 e. The third-order valence-corrected chi connectivity index (χ3v) is 5.85. The molecule has 1 amide bonds. The Hall–Kier alpha value is -2.73. The second-order valence-electron chi connectivity index (χ2n) is 8.28. The van der Waals surface area contributed by atoms with Crippen LogP contribution in [0.1, 0.15) is 55.5 Å². The van der Waals surface area contributed by atoms with E-state index >= 15 is 0 Å². The minimum absolute atomic E-state index is 0.0626. The fraction of sp³-hybridized carbons (Fsp3) is 0.435. The summed E-state index contributed by atoms with van der Waals surface area (Å²) in [5.41, 5.74) is 4.17. The van der Waals surface area contributed by atoms with Crippen LogP contribution in [0.25, 0.3) is 5.65 Å². The van der Waals surface area contributed by atoms with Crippen LogP contribution in [-0.4, -0.2) is 45.0 Å². The van der Waals surface area contributed by atoms with E-state index in [-0.39, 0.29) is 5.91 Å².